The molecule has 1 aromatic rings. The first-order valence-electron chi connectivity index (χ1n) is 7.63. The Labute approximate surface area is 154 Å². The molecule has 25 heavy (non-hydrogen) atoms. The topological polar surface area (TPSA) is 76.2 Å². The lowest BCUT2D eigenvalue weighted by molar-refractivity contribution is -0.134. The highest BCUT2D eigenvalue weighted by atomic mass is 79.9. The lowest BCUT2D eigenvalue weighted by Crippen LogP contribution is -2.52. The van der Waals surface area contributed by atoms with E-state index in [0.717, 1.165) is 16.2 Å². The quantitative estimate of drug-likeness (QED) is 0.550. The molecule has 0 atom stereocenters. The van der Waals surface area contributed by atoms with Crippen LogP contribution in [0.3, 0.4) is 0 Å². The molecule has 1 aromatic carbocycles. The summed E-state index contributed by atoms with van der Waals surface area (Å²) < 4.78 is 11.6. The van der Waals surface area contributed by atoms with E-state index < -0.39 is 17.8 Å². The second-order valence-electron chi connectivity index (χ2n) is 5.45. The fourth-order valence-electron chi connectivity index (χ4n) is 2.31. The molecule has 0 aromatic heterocycles. The first-order valence-corrected chi connectivity index (χ1v) is 8.43. The van der Waals surface area contributed by atoms with Gasteiger partial charge in [0.1, 0.15) is 5.57 Å². The van der Waals surface area contributed by atoms with Crippen LogP contribution in [0.15, 0.2) is 22.2 Å². The number of hydrogen-bond acceptors (Lipinski definition) is 5. The van der Waals surface area contributed by atoms with Crippen molar-refractivity contribution in [1.82, 2.24) is 9.80 Å². The zero-order valence-corrected chi connectivity index (χ0v) is 16.0. The maximum Gasteiger partial charge on any atom is 0.333 e. The second kappa shape index (κ2) is 7.69. The Balaban J connectivity index is 2.46. The van der Waals surface area contributed by atoms with Gasteiger partial charge in [0.05, 0.1) is 18.2 Å². The Kier molecular flexibility index (Phi) is 5.84. The molecule has 7 nitrogen and oxygen atoms in total. The van der Waals surface area contributed by atoms with E-state index in [2.05, 4.69) is 15.9 Å². The van der Waals surface area contributed by atoms with Crippen LogP contribution in [0, 0.1) is 0 Å². The van der Waals surface area contributed by atoms with Gasteiger partial charge in [-0.1, -0.05) is 6.92 Å². The molecule has 1 saturated heterocycles. The van der Waals surface area contributed by atoms with E-state index in [4.69, 9.17) is 9.47 Å². The summed E-state index contributed by atoms with van der Waals surface area (Å²) in [4.78, 5) is 38.1. The number of rotatable bonds is 5. The van der Waals surface area contributed by atoms with Gasteiger partial charge >= 0.3 is 6.03 Å². The highest BCUT2D eigenvalue weighted by Crippen LogP contribution is 2.37. The summed E-state index contributed by atoms with van der Waals surface area (Å²) in [6.07, 6.45) is 2.28. The molecule has 0 saturated carbocycles. The normalized spacial score (nSPS) is 14.9. The van der Waals surface area contributed by atoms with Gasteiger partial charge in [0.2, 0.25) is 0 Å². The van der Waals surface area contributed by atoms with Gasteiger partial charge in [0.15, 0.2) is 11.5 Å². The molecule has 4 amide bonds. The van der Waals surface area contributed by atoms with Crippen molar-refractivity contribution in [3.8, 4) is 11.5 Å². The molecule has 1 fully saturated rings. The Morgan fingerprint density at radius 2 is 1.72 bits per heavy atom. The average molecular weight is 411 g/mol. The molecule has 1 heterocycles. The average Bonchev–Trinajstić information content (AvgIpc) is 2.60. The number of carbonyl (C=O) groups excluding carboxylic acids is 3. The van der Waals surface area contributed by atoms with E-state index in [1.165, 1.54) is 27.3 Å². The van der Waals surface area contributed by atoms with Gasteiger partial charge in [-0.3, -0.25) is 19.4 Å². The van der Waals surface area contributed by atoms with Gasteiger partial charge in [-0.15, -0.1) is 0 Å². The molecule has 8 heteroatoms. The van der Waals surface area contributed by atoms with Crippen molar-refractivity contribution in [3.05, 3.63) is 27.7 Å². The van der Waals surface area contributed by atoms with Gasteiger partial charge in [-0.05, 0) is 46.1 Å². The zero-order chi connectivity index (χ0) is 18.7. The van der Waals surface area contributed by atoms with Crippen LogP contribution in [-0.4, -0.2) is 55.5 Å². The lowest BCUT2D eigenvalue weighted by atomic mass is 10.1. The highest BCUT2D eigenvalue weighted by Gasteiger charge is 2.37. The molecule has 0 bridgehead atoms. The molecular formula is C17H19BrN2O5. The number of imide groups is 2. The number of hydrogen-bond donors (Lipinski definition) is 0. The number of amides is 4. The smallest absolute Gasteiger partial charge is 0.333 e. The van der Waals surface area contributed by atoms with Gasteiger partial charge in [0, 0.05) is 14.1 Å². The summed E-state index contributed by atoms with van der Waals surface area (Å²) in [6, 6.07) is 2.73. The van der Waals surface area contributed by atoms with Crippen LogP contribution in [0.5, 0.6) is 11.5 Å². The van der Waals surface area contributed by atoms with Crippen LogP contribution in [0.4, 0.5) is 4.79 Å². The van der Waals surface area contributed by atoms with Gasteiger partial charge in [0.25, 0.3) is 11.8 Å². The number of barbiturate groups is 1. The summed E-state index contributed by atoms with van der Waals surface area (Å²) >= 11 is 3.42. The predicted octanol–water partition coefficient (Wildman–Crippen LogP) is 2.68. The Morgan fingerprint density at radius 1 is 1.12 bits per heavy atom. The van der Waals surface area contributed by atoms with Crippen LogP contribution in [0.25, 0.3) is 6.08 Å². The third kappa shape index (κ3) is 3.68. The van der Waals surface area contributed by atoms with Crippen molar-refractivity contribution in [1.29, 1.82) is 0 Å². The number of benzene rings is 1. The van der Waals surface area contributed by atoms with Crippen LogP contribution in [-0.2, 0) is 9.59 Å². The van der Waals surface area contributed by atoms with Crippen LogP contribution in [0.2, 0.25) is 0 Å². The standard InChI is InChI=1S/C17H19BrN2O5/c1-5-6-25-14-12(18)8-10(9-13(14)24-4)7-11-15(21)19(2)17(23)20(3)16(11)22/h7-9H,5-6H2,1-4H3. The molecule has 0 aliphatic carbocycles. The number of carbonyl (C=O) groups is 3. The van der Waals surface area contributed by atoms with E-state index in [-0.39, 0.29) is 5.57 Å². The number of halogens is 1. The van der Waals surface area contributed by atoms with E-state index >= 15 is 0 Å². The number of likely N-dealkylation sites (N-methyl/N-ethyl adjacent to an activating group) is 2. The van der Waals surface area contributed by atoms with Crippen molar-refractivity contribution >= 4 is 39.9 Å². The summed E-state index contributed by atoms with van der Waals surface area (Å²) in [6.45, 7) is 2.53. The summed E-state index contributed by atoms with van der Waals surface area (Å²) in [5, 5.41) is 0. The van der Waals surface area contributed by atoms with Crippen molar-refractivity contribution < 1.29 is 23.9 Å². The minimum absolute atomic E-state index is 0.0965. The molecule has 1 aliphatic rings. The largest absolute Gasteiger partial charge is 0.493 e. The fraction of sp³-hybridized carbons (Fsp3) is 0.353. The summed E-state index contributed by atoms with van der Waals surface area (Å²) in [7, 11) is 4.17. The van der Waals surface area contributed by atoms with Crippen molar-refractivity contribution in [3.63, 3.8) is 0 Å². The van der Waals surface area contributed by atoms with Gasteiger partial charge < -0.3 is 9.47 Å². The third-order valence-corrected chi connectivity index (χ3v) is 4.25. The van der Waals surface area contributed by atoms with Crippen LogP contribution < -0.4 is 9.47 Å². The van der Waals surface area contributed by atoms with E-state index in [1.54, 1.807) is 12.1 Å². The molecule has 0 unspecified atom stereocenters. The summed E-state index contributed by atoms with van der Waals surface area (Å²) in [5.41, 5.74) is 0.473. The summed E-state index contributed by atoms with van der Waals surface area (Å²) in [5.74, 6) is -0.260. The Morgan fingerprint density at radius 3 is 2.24 bits per heavy atom. The molecule has 134 valence electrons. The van der Waals surface area contributed by atoms with E-state index in [1.807, 2.05) is 6.92 Å². The first kappa shape index (κ1) is 19.0. The van der Waals surface area contributed by atoms with E-state index in [0.29, 0.717) is 28.1 Å². The van der Waals surface area contributed by atoms with Crippen molar-refractivity contribution in [2.24, 2.45) is 0 Å². The van der Waals surface area contributed by atoms with Crippen LogP contribution in [0.1, 0.15) is 18.9 Å². The number of methoxy groups -OCH3 is 1. The third-order valence-electron chi connectivity index (χ3n) is 3.66. The molecule has 0 radical (unpaired) electrons. The molecule has 1 aliphatic heterocycles. The Hall–Kier alpha value is -2.35. The lowest BCUT2D eigenvalue weighted by Gasteiger charge is -2.28. The molecule has 0 spiro atoms. The van der Waals surface area contributed by atoms with Gasteiger partial charge in [-0.25, -0.2) is 4.79 Å². The SMILES string of the molecule is CCCOc1c(Br)cc(C=C2C(=O)N(C)C(=O)N(C)C2=O)cc1OC. The fourth-order valence-corrected chi connectivity index (χ4v) is 2.88. The number of nitrogens with zero attached hydrogens (tertiary/aromatic N) is 2. The Bertz CT molecular complexity index is 734. The van der Waals surface area contributed by atoms with Crippen molar-refractivity contribution in [2.45, 2.75) is 13.3 Å². The monoisotopic (exact) mass is 410 g/mol. The number of urea groups is 1. The second-order valence-corrected chi connectivity index (χ2v) is 6.31. The maximum atomic E-state index is 12.3. The molecular weight excluding hydrogens is 392 g/mol. The van der Waals surface area contributed by atoms with Crippen LogP contribution >= 0.6 is 15.9 Å². The molecule has 2 rings (SSSR count). The predicted molar refractivity (Wildman–Crippen MR) is 95.4 cm³/mol. The van der Waals surface area contributed by atoms with E-state index in [9.17, 15) is 14.4 Å². The zero-order valence-electron chi connectivity index (χ0n) is 14.5. The van der Waals surface area contributed by atoms with Crippen molar-refractivity contribution in [2.75, 3.05) is 27.8 Å². The highest BCUT2D eigenvalue weighted by molar-refractivity contribution is 9.10. The minimum atomic E-state index is -0.658. The molecule has 0 N–H and O–H groups in total. The number of ether oxygens (including phenoxy) is 2. The first-order chi connectivity index (χ1) is 11.8. The minimum Gasteiger partial charge on any atom is -0.493 e. The maximum absolute atomic E-state index is 12.3. The van der Waals surface area contributed by atoms with Gasteiger partial charge in [-0.2, -0.15) is 0 Å².